The molecule has 0 radical (unpaired) electrons. The number of nitrogens with zero attached hydrogens (tertiary/aromatic N) is 1. The normalized spacial score (nSPS) is 12.1. The van der Waals surface area contributed by atoms with Crippen molar-refractivity contribution in [2.24, 2.45) is 5.14 Å². The van der Waals surface area contributed by atoms with Crippen molar-refractivity contribution in [1.29, 1.82) is 0 Å². The summed E-state index contributed by atoms with van der Waals surface area (Å²) in [6.45, 7) is 1.51. The van der Waals surface area contributed by atoms with Gasteiger partial charge in [0.1, 0.15) is 0 Å². The second-order valence-corrected chi connectivity index (χ2v) is 5.45. The predicted octanol–water partition coefficient (Wildman–Crippen LogP) is 1.58. The second kappa shape index (κ2) is 4.26. The van der Waals surface area contributed by atoms with Crippen molar-refractivity contribution in [3.8, 4) is 0 Å². The van der Waals surface area contributed by atoms with Gasteiger partial charge in [0, 0.05) is 9.26 Å². The van der Waals surface area contributed by atoms with E-state index < -0.39 is 27.0 Å². The van der Waals surface area contributed by atoms with Crippen molar-refractivity contribution in [1.82, 2.24) is 4.98 Å². The molecule has 0 saturated carbocycles. The van der Waals surface area contributed by atoms with Crippen LogP contribution in [-0.4, -0.2) is 13.4 Å². The number of primary sulfonamides is 1. The number of nitrogens with two attached hydrogens (primary N) is 1. The number of rotatable bonds is 2. The molecule has 0 bridgehead atoms. The number of hydrogen-bond donors (Lipinski definition) is 1. The van der Waals surface area contributed by atoms with Crippen molar-refractivity contribution >= 4 is 32.6 Å². The minimum Gasteiger partial charge on any atom is -0.240 e. The summed E-state index contributed by atoms with van der Waals surface area (Å²) in [5.74, 6) is 0. The molecule has 0 fully saturated rings. The van der Waals surface area contributed by atoms with Crippen LogP contribution in [0.4, 0.5) is 8.78 Å². The Morgan fingerprint density at radius 2 is 2.07 bits per heavy atom. The Morgan fingerprint density at radius 3 is 2.47 bits per heavy atom. The van der Waals surface area contributed by atoms with Gasteiger partial charge in [-0.05, 0) is 35.6 Å². The van der Waals surface area contributed by atoms with E-state index in [1.54, 1.807) is 22.6 Å². The highest BCUT2D eigenvalue weighted by Gasteiger charge is 2.25. The van der Waals surface area contributed by atoms with Crippen LogP contribution >= 0.6 is 22.6 Å². The van der Waals surface area contributed by atoms with Crippen LogP contribution in [0, 0.1) is 10.5 Å². The van der Waals surface area contributed by atoms with E-state index in [4.69, 9.17) is 5.14 Å². The molecule has 0 atom stereocenters. The first-order valence-corrected chi connectivity index (χ1v) is 6.34. The van der Waals surface area contributed by atoms with E-state index in [0.717, 1.165) is 0 Å². The topological polar surface area (TPSA) is 73.1 Å². The molecule has 1 rings (SSSR count). The number of aromatic nitrogens is 1. The summed E-state index contributed by atoms with van der Waals surface area (Å²) in [5, 5.41) is 4.06. The molecule has 0 amide bonds. The average Bonchev–Trinajstić information content (AvgIpc) is 1.99. The summed E-state index contributed by atoms with van der Waals surface area (Å²) < 4.78 is 47.4. The second-order valence-electron chi connectivity index (χ2n) is 2.81. The number of pyridine rings is 1. The van der Waals surface area contributed by atoms with Crippen molar-refractivity contribution in [3.63, 3.8) is 0 Å². The lowest BCUT2D eigenvalue weighted by molar-refractivity contribution is 0.146. The molecule has 15 heavy (non-hydrogen) atoms. The standard InChI is InChI=1S/C7H7F2IN2O2S/c1-3-2-4(10)5(6(8)9)7(12-3)15(11,13)14/h2,6H,1H3,(H2,11,13,14). The number of alkyl halides is 2. The van der Waals surface area contributed by atoms with Crippen LogP contribution in [0.1, 0.15) is 17.7 Å². The third-order valence-electron chi connectivity index (χ3n) is 1.59. The Hall–Kier alpha value is -0.350. The van der Waals surface area contributed by atoms with Crippen LogP contribution in [0.5, 0.6) is 0 Å². The minimum absolute atomic E-state index is 0.138. The van der Waals surface area contributed by atoms with E-state index in [1.165, 1.54) is 13.0 Å². The molecule has 0 saturated heterocycles. The van der Waals surface area contributed by atoms with Gasteiger partial charge in [0.25, 0.3) is 16.4 Å². The third kappa shape index (κ3) is 2.82. The highest BCUT2D eigenvalue weighted by Crippen LogP contribution is 2.29. The van der Waals surface area contributed by atoms with Crippen LogP contribution in [-0.2, 0) is 10.0 Å². The molecular formula is C7H7F2IN2O2S. The lowest BCUT2D eigenvalue weighted by Crippen LogP contribution is -2.18. The molecule has 84 valence electrons. The Labute approximate surface area is 99.1 Å². The lowest BCUT2D eigenvalue weighted by atomic mass is 10.2. The van der Waals surface area contributed by atoms with E-state index in [-0.39, 0.29) is 3.57 Å². The molecule has 0 aliphatic heterocycles. The number of halogens is 3. The van der Waals surface area contributed by atoms with Crippen molar-refractivity contribution < 1.29 is 17.2 Å². The molecule has 0 aliphatic carbocycles. The van der Waals surface area contributed by atoms with E-state index in [1.807, 2.05) is 0 Å². The molecule has 0 spiro atoms. The minimum atomic E-state index is -4.22. The van der Waals surface area contributed by atoms with Gasteiger partial charge in [-0.2, -0.15) is 0 Å². The van der Waals surface area contributed by atoms with Gasteiger partial charge >= 0.3 is 0 Å². The van der Waals surface area contributed by atoms with Crippen molar-refractivity contribution in [2.45, 2.75) is 18.4 Å². The molecule has 2 N–H and O–H groups in total. The first-order valence-electron chi connectivity index (χ1n) is 3.71. The summed E-state index contributed by atoms with van der Waals surface area (Å²) in [7, 11) is -4.22. The SMILES string of the molecule is Cc1cc(I)c(C(F)F)c(S(N)(=O)=O)n1. The molecular weight excluding hydrogens is 341 g/mol. The van der Waals surface area contributed by atoms with Crippen molar-refractivity contribution in [2.75, 3.05) is 0 Å². The van der Waals surface area contributed by atoms with Crippen LogP contribution in [0.15, 0.2) is 11.1 Å². The zero-order chi connectivity index (χ0) is 11.8. The van der Waals surface area contributed by atoms with E-state index in [0.29, 0.717) is 5.69 Å². The van der Waals surface area contributed by atoms with Gasteiger partial charge in [-0.25, -0.2) is 27.3 Å². The number of hydrogen-bond acceptors (Lipinski definition) is 3. The average molecular weight is 348 g/mol. The summed E-state index contributed by atoms with van der Waals surface area (Å²) in [5.41, 5.74) is -0.309. The van der Waals surface area contributed by atoms with E-state index in [9.17, 15) is 17.2 Å². The number of sulfonamides is 1. The van der Waals surface area contributed by atoms with Gasteiger partial charge < -0.3 is 0 Å². The van der Waals surface area contributed by atoms with Gasteiger partial charge in [0.2, 0.25) is 0 Å². The fourth-order valence-electron chi connectivity index (χ4n) is 1.03. The summed E-state index contributed by atoms with van der Waals surface area (Å²) in [6, 6.07) is 1.37. The Morgan fingerprint density at radius 1 is 1.53 bits per heavy atom. The van der Waals surface area contributed by atoms with Crippen LogP contribution in [0.25, 0.3) is 0 Å². The van der Waals surface area contributed by atoms with Crippen LogP contribution in [0.3, 0.4) is 0 Å². The van der Waals surface area contributed by atoms with Crippen LogP contribution < -0.4 is 5.14 Å². The summed E-state index contributed by atoms with van der Waals surface area (Å²) >= 11 is 1.63. The molecule has 0 aliphatic rings. The first kappa shape index (κ1) is 12.7. The monoisotopic (exact) mass is 348 g/mol. The predicted molar refractivity (Wildman–Crippen MR) is 58.0 cm³/mol. The fraction of sp³-hybridized carbons (Fsp3) is 0.286. The zero-order valence-electron chi connectivity index (χ0n) is 7.54. The Kier molecular flexibility index (Phi) is 3.61. The molecule has 1 heterocycles. The maximum Gasteiger partial charge on any atom is 0.267 e. The fourth-order valence-corrected chi connectivity index (χ4v) is 2.93. The van der Waals surface area contributed by atoms with E-state index >= 15 is 0 Å². The molecule has 4 nitrogen and oxygen atoms in total. The summed E-state index contributed by atoms with van der Waals surface area (Å²) in [4.78, 5) is 3.53. The van der Waals surface area contributed by atoms with Gasteiger partial charge in [-0.1, -0.05) is 0 Å². The van der Waals surface area contributed by atoms with Gasteiger partial charge in [-0.3, -0.25) is 0 Å². The molecule has 0 unspecified atom stereocenters. The molecule has 0 aromatic carbocycles. The zero-order valence-corrected chi connectivity index (χ0v) is 10.5. The molecule has 8 heteroatoms. The Bertz CT molecular complexity index is 490. The van der Waals surface area contributed by atoms with Gasteiger partial charge in [0.05, 0.1) is 5.56 Å². The van der Waals surface area contributed by atoms with Gasteiger partial charge in [-0.15, -0.1) is 0 Å². The lowest BCUT2D eigenvalue weighted by Gasteiger charge is -2.09. The molecule has 1 aromatic heterocycles. The van der Waals surface area contributed by atoms with Crippen molar-refractivity contribution in [3.05, 3.63) is 20.9 Å². The first-order chi connectivity index (χ1) is 6.73. The maximum absolute atomic E-state index is 12.6. The molecule has 1 aromatic rings. The maximum atomic E-state index is 12.6. The highest BCUT2D eigenvalue weighted by atomic mass is 127. The largest absolute Gasteiger partial charge is 0.267 e. The third-order valence-corrected chi connectivity index (χ3v) is 3.33. The summed E-state index contributed by atoms with van der Waals surface area (Å²) in [6.07, 6.45) is -2.92. The van der Waals surface area contributed by atoms with E-state index in [2.05, 4.69) is 4.98 Å². The van der Waals surface area contributed by atoms with Gasteiger partial charge in [0.15, 0.2) is 5.03 Å². The number of aryl methyl sites for hydroxylation is 1. The quantitative estimate of drug-likeness (QED) is 0.825. The smallest absolute Gasteiger partial charge is 0.240 e. The Balaban J connectivity index is 3.62. The van der Waals surface area contributed by atoms with Crippen LogP contribution in [0.2, 0.25) is 0 Å². The highest BCUT2D eigenvalue weighted by molar-refractivity contribution is 14.1.